The molecule has 0 radical (unpaired) electrons. The second kappa shape index (κ2) is 11.2. The quantitative estimate of drug-likeness (QED) is 0.337. The second-order valence-corrected chi connectivity index (χ2v) is 10.9. The minimum atomic E-state index is -0.358. The lowest BCUT2D eigenvalue weighted by molar-refractivity contribution is -0.119. The fourth-order valence-corrected chi connectivity index (χ4v) is 5.86. The minimum absolute atomic E-state index is 0.312. The molecule has 0 aliphatic carbocycles. The van der Waals surface area contributed by atoms with Gasteiger partial charge in [-0.2, -0.15) is 4.98 Å². The first-order valence-corrected chi connectivity index (χ1v) is 14.1. The zero-order valence-corrected chi connectivity index (χ0v) is 23.8. The van der Waals surface area contributed by atoms with E-state index >= 15 is 0 Å². The van der Waals surface area contributed by atoms with Gasteiger partial charge in [-0.1, -0.05) is 30.3 Å². The highest BCUT2D eigenvalue weighted by Crippen LogP contribution is 2.33. The number of nitrogens with zero attached hydrogens (tertiary/aromatic N) is 6. The lowest BCUT2D eigenvalue weighted by Gasteiger charge is -2.32. The van der Waals surface area contributed by atoms with E-state index in [1.54, 1.807) is 13.4 Å². The number of benzene rings is 2. The van der Waals surface area contributed by atoms with Crippen LogP contribution in [0.15, 0.2) is 55.0 Å². The Morgan fingerprint density at radius 3 is 2.76 bits per heavy atom. The molecule has 0 spiro atoms. The van der Waals surface area contributed by atoms with Gasteiger partial charge in [0.25, 0.3) is 0 Å². The number of primary amides is 1. The van der Waals surface area contributed by atoms with E-state index in [1.807, 2.05) is 29.8 Å². The molecule has 212 valence electrons. The molecule has 41 heavy (non-hydrogen) atoms. The largest absolute Gasteiger partial charge is 0.496 e. The van der Waals surface area contributed by atoms with Crippen molar-refractivity contribution in [1.29, 1.82) is 0 Å². The molecule has 10 heteroatoms. The summed E-state index contributed by atoms with van der Waals surface area (Å²) in [5.41, 5.74) is 12.3. The molecule has 4 heterocycles. The average Bonchev–Trinajstić information content (AvgIpc) is 3.65. The molecule has 6 rings (SSSR count). The van der Waals surface area contributed by atoms with Gasteiger partial charge in [-0.05, 0) is 55.9 Å². The Morgan fingerprint density at radius 2 is 1.98 bits per heavy atom. The molecular formula is C31H36N8O2. The van der Waals surface area contributed by atoms with E-state index in [0.717, 1.165) is 78.5 Å². The number of nitrogens with two attached hydrogens (primary N) is 1. The summed E-state index contributed by atoms with van der Waals surface area (Å²) >= 11 is 0. The van der Waals surface area contributed by atoms with Crippen LogP contribution in [0.2, 0.25) is 0 Å². The third-order valence-corrected chi connectivity index (χ3v) is 8.17. The first-order chi connectivity index (χ1) is 19.9. The van der Waals surface area contributed by atoms with Gasteiger partial charge in [-0.15, -0.1) is 0 Å². The first kappa shape index (κ1) is 26.8. The van der Waals surface area contributed by atoms with Crippen molar-refractivity contribution >= 4 is 23.5 Å². The number of anilines is 3. The van der Waals surface area contributed by atoms with Crippen molar-refractivity contribution in [2.75, 3.05) is 30.4 Å². The number of carbonyl (C=O) groups excluding carboxylic acids is 1. The zero-order chi connectivity index (χ0) is 28.5. The number of methoxy groups -OCH3 is 1. The van der Waals surface area contributed by atoms with Crippen LogP contribution in [0, 0.1) is 13.8 Å². The number of rotatable bonds is 8. The van der Waals surface area contributed by atoms with Crippen LogP contribution in [0.25, 0.3) is 5.69 Å². The Balaban J connectivity index is 1.32. The second-order valence-electron chi connectivity index (χ2n) is 10.9. The molecular weight excluding hydrogens is 516 g/mol. The van der Waals surface area contributed by atoms with Gasteiger partial charge in [0.05, 0.1) is 24.7 Å². The molecule has 4 aromatic rings. The van der Waals surface area contributed by atoms with E-state index in [9.17, 15) is 4.79 Å². The standard InChI is InChI=1S/C31H36N8O2/c1-20-14-23(15-27(41-3)21(20)2)38-18-28(33-19-38)35-31-34-25-17-37(16-22-8-5-4-6-9-22)13-11-24(25)30(36-31)39-12-7-10-26(39)29(32)40/h4-6,8-9,14-15,18-19,26H,7,10-13,16-17H2,1-3H3,(H2,32,40)(H,34,35,36)/t26-/m0/s1. The van der Waals surface area contributed by atoms with E-state index in [1.165, 1.54) is 5.56 Å². The number of fused-ring (bicyclic) bond motifs is 1. The van der Waals surface area contributed by atoms with Crippen LogP contribution in [0.1, 0.15) is 40.8 Å². The van der Waals surface area contributed by atoms with Crippen molar-refractivity contribution in [3.8, 4) is 11.4 Å². The molecule has 2 aromatic carbocycles. The number of imidazole rings is 1. The fraction of sp³-hybridized carbons (Fsp3) is 0.355. The summed E-state index contributed by atoms with van der Waals surface area (Å²) in [6, 6.07) is 14.2. The number of ether oxygens (including phenoxy) is 1. The first-order valence-electron chi connectivity index (χ1n) is 14.1. The number of aryl methyl sites for hydroxylation is 1. The molecule has 0 bridgehead atoms. The van der Waals surface area contributed by atoms with Crippen molar-refractivity contribution in [3.05, 3.63) is 82.9 Å². The van der Waals surface area contributed by atoms with E-state index in [0.29, 0.717) is 18.3 Å². The van der Waals surface area contributed by atoms with Gasteiger partial charge < -0.3 is 25.3 Å². The molecule has 1 amide bonds. The summed E-state index contributed by atoms with van der Waals surface area (Å²) < 4.78 is 7.51. The zero-order valence-electron chi connectivity index (χ0n) is 23.8. The van der Waals surface area contributed by atoms with Gasteiger partial charge in [0.15, 0.2) is 5.82 Å². The number of hydrogen-bond acceptors (Lipinski definition) is 8. The topological polar surface area (TPSA) is 114 Å². The van der Waals surface area contributed by atoms with Crippen molar-refractivity contribution in [1.82, 2.24) is 24.4 Å². The molecule has 1 atom stereocenters. The maximum absolute atomic E-state index is 12.3. The number of nitrogens with one attached hydrogen (secondary N) is 1. The van der Waals surface area contributed by atoms with Crippen LogP contribution in [-0.4, -0.2) is 56.6 Å². The van der Waals surface area contributed by atoms with Gasteiger partial charge in [0.1, 0.15) is 23.9 Å². The van der Waals surface area contributed by atoms with Gasteiger partial charge >= 0.3 is 0 Å². The van der Waals surface area contributed by atoms with Crippen molar-refractivity contribution in [2.45, 2.75) is 52.2 Å². The predicted molar refractivity (Wildman–Crippen MR) is 159 cm³/mol. The van der Waals surface area contributed by atoms with Crippen LogP contribution in [-0.2, 0) is 24.3 Å². The fourth-order valence-electron chi connectivity index (χ4n) is 5.86. The molecule has 1 saturated heterocycles. The van der Waals surface area contributed by atoms with Gasteiger partial charge in [0, 0.05) is 37.8 Å². The number of carbonyl (C=O) groups is 1. The molecule has 0 saturated carbocycles. The Hall–Kier alpha value is -4.44. The number of hydrogen-bond donors (Lipinski definition) is 2. The smallest absolute Gasteiger partial charge is 0.240 e. The minimum Gasteiger partial charge on any atom is -0.496 e. The summed E-state index contributed by atoms with van der Waals surface area (Å²) in [5.74, 6) is 2.40. The lowest BCUT2D eigenvalue weighted by Crippen LogP contribution is -2.42. The number of amides is 1. The van der Waals surface area contributed by atoms with Gasteiger partial charge in [-0.3, -0.25) is 9.69 Å². The van der Waals surface area contributed by atoms with Crippen molar-refractivity contribution < 1.29 is 9.53 Å². The molecule has 0 unspecified atom stereocenters. The SMILES string of the molecule is COc1cc(-n2cnc(Nc3nc4c(c(N5CCC[C@H]5C(N)=O)n3)CCN(Cc3ccccc3)C4)c2)cc(C)c1C. The predicted octanol–water partition coefficient (Wildman–Crippen LogP) is 4.04. The summed E-state index contributed by atoms with van der Waals surface area (Å²) in [7, 11) is 1.68. The molecule has 2 aliphatic heterocycles. The van der Waals surface area contributed by atoms with Gasteiger partial charge in [0.2, 0.25) is 11.9 Å². The highest BCUT2D eigenvalue weighted by Gasteiger charge is 2.34. The summed E-state index contributed by atoms with van der Waals surface area (Å²) in [5, 5.41) is 3.32. The van der Waals surface area contributed by atoms with Crippen molar-refractivity contribution in [3.63, 3.8) is 0 Å². The normalized spacial score (nSPS) is 17.0. The Bertz CT molecular complexity index is 1570. The van der Waals surface area contributed by atoms with Crippen LogP contribution < -0.4 is 20.7 Å². The maximum atomic E-state index is 12.3. The Kier molecular flexibility index (Phi) is 7.32. The average molecular weight is 553 g/mol. The maximum Gasteiger partial charge on any atom is 0.240 e. The Labute approximate surface area is 240 Å². The van der Waals surface area contributed by atoms with E-state index < -0.39 is 0 Å². The van der Waals surface area contributed by atoms with Crippen LogP contribution >= 0.6 is 0 Å². The van der Waals surface area contributed by atoms with Crippen LogP contribution in [0.4, 0.5) is 17.6 Å². The molecule has 1 fully saturated rings. The molecule has 2 aromatic heterocycles. The highest BCUT2D eigenvalue weighted by molar-refractivity contribution is 5.84. The lowest BCUT2D eigenvalue weighted by atomic mass is 10.0. The highest BCUT2D eigenvalue weighted by atomic mass is 16.5. The van der Waals surface area contributed by atoms with E-state index in [2.05, 4.69) is 57.4 Å². The van der Waals surface area contributed by atoms with Gasteiger partial charge in [-0.25, -0.2) is 9.97 Å². The number of aromatic nitrogens is 4. The Morgan fingerprint density at radius 1 is 1.15 bits per heavy atom. The summed E-state index contributed by atoms with van der Waals surface area (Å²) in [6.45, 7) is 7.30. The third kappa shape index (κ3) is 5.47. The molecule has 2 aliphatic rings. The summed E-state index contributed by atoms with van der Waals surface area (Å²) in [4.78, 5) is 31.3. The third-order valence-electron chi connectivity index (χ3n) is 8.17. The van der Waals surface area contributed by atoms with Crippen LogP contribution in [0.3, 0.4) is 0 Å². The van der Waals surface area contributed by atoms with Crippen LogP contribution in [0.5, 0.6) is 5.75 Å². The van der Waals surface area contributed by atoms with Crippen molar-refractivity contribution in [2.24, 2.45) is 5.73 Å². The molecule has 3 N–H and O–H groups in total. The summed E-state index contributed by atoms with van der Waals surface area (Å²) in [6.07, 6.45) is 6.12. The monoisotopic (exact) mass is 552 g/mol. The van der Waals surface area contributed by atoms with E-state index in [-0.39, 0.29) is 11.9 Å². The molecule has 10 nitrogen and oxygen atoms in total. The van der Waals surface area contributed by atoms with E-state index in [4.69, 9.17) is 20.4 Å².